The van der Waals surface area contributed by atoms with Crippen molar-refractivity contribution in [2.45, 2.75) is 52.4 Å². The SMILES string of the molecule is CC(C)(C)c1ccc(N2c3cccc4c3B3c5c-4cccc5N(c4ccc(C(C)(C)C)cc4)c4cc(-c5ccccc5)cc2c43)cc1. The van der Waals surface area contributed by atoms with Crippen molar-refractivity contribution >= 4 is 57.2 Å². The van der Waals surface area contributed by atoms with E-state index in [1.54, 1.807) is 0 Å². The van der Waals surface area contributed by atoms with Gasteiger partial charge in [0.05, 0.1) is 0 Å². The third kappa shape index (κ3) is 4.12. The van der Waals surface area contributed by atoms with Crippen molar-refractivity contribution in [3.8, 4) is 22.3 Å². The van der Waals surface area contributed by atoms with E-state index in [0.717, 1.165) is 0 Å². The summed E-state index contributed by atoms with van der Waals surface area (Å²) in [6, 6.07) is 48.1. The molecule has 0 amide bonds. The van der Waals surface area contributed by atoms with Crippen molar-refractivity contribution < 1.29 is 0 Å². The molecule has 0 aromatic heterocycles. The first kappa shape index (κ1) is 28.2. The first-order valence-electron chi connectivity index (χ1n) is 16.9. The number of benzene rings is 6. The van der Waals surface area contributed by atoms with Gasteiger partial charge in [0.1, 0.15) is 0 Å². The predicted octanol–water partition coefficient (Wildman–Crippen LogP) is 10.0. The Morgan fingerprint density at radius 3 is 1.28 bits per heavy atom. The van der Waals surface area contributed by atoms with E-state index in [2.05, 4.69) is 179 Å². The van der Waals surface area contributed by atoms with Crippen molar-refractivity contribution in [1.29, 1.82) is 0 Å². The lowest BCUT2D eigenvalue weighted by molar-refractivity contribution is 0.590. The summed E-state index contributed by atoms with van der Waals surface area (Å²) in [4.78, 5) is 5.07. The van der Waals surface area contributed by atoms with Gasteiger partial charge in [-0.05, 0) is 109 Å². The van der Waals surface area contributed by atoms with Crippen molar-refractivity contribution in [3.05, 3.63) is 139 Å². The number of rotatable bonds is 3. The lowest BCUT2D eigenvalue weighted by Gasteiger charge is -2.43. The van der Waals surface area contributed by atoms with Gasteiger partial charge in [-0.3, -0.25) is 0 Å². The minimum absolute atomic E-state index is 0.0903. The van der Waals surface area contributed by atoms with Gasteiger partial charge in [-0.25, -0.2) is 0 Å². The van der Waals surface area contributed by atoms with Crippen LogP contribution in [0.15, 0.2) is 127 Å². The fourth-order valence-electron chi connectivity index (χ4n) is 8.13. The highest BCUT2D eigenvalue weighted by molar-refractivity contribution is 7.03. The summed E-state index contributed by atoms with van der Waals surface area (Å²) in [6.07, 6.45) is 0. The Balaban J connectivity index is 1.37. The molecule has 6 aromatic rings. The third-order valence-electron chi connectivity index (χ3n) is 10.5. The van der Waals surface area contributed by atoms with Crippen molar-refractivity contribution in [2.75, 3.05) is 9.80 Å². The fraction of sp³-hybridized carbons (Fsp3) is 0.182. The summed E-state index contributed by atoms with van der Waals surface area (Å²) in [7, 11) is 0. The average molecular weight is 607 g/mol. The number of fused-ring (bicyclic) bond motifs is 1. The zero-order valence-corrected chi connectivity index (χ0v) is 28.1. The van der Waals surface area contributed by atoms with Crippen LogP contribution in [0.25, 0.3) is 22.3 Å². The summed E-state index contributed by atoms with van der Waals surface area (Å²) in [5.41, 5.74) is 19.8. The zero-order chi connectivity index (χ0) is 32.2. The maximum atomic E-state index is 2.53. The molecule has 3 heteroatoms. The van der Waals surface area contributed by atoms with E-state index in [1.807, 2.05) is 0 Å². The molecular weight excluding hydrogens is 567 g/mol. The molecule has 0 saturated heterocycles. The van der Waals surface area contributed by atoms with E-state index in [1.165, 1.54) is 83.9 Å². The molecule has 6 aromatic carbocycles. The van der Waals surface area contributed by atoms with Gasteiger partial charge >= 0.3 is 0 Å². The van der Waals surface area contributed by atoms with E-state index in [4.69, 9.17) is 0 Å². The Bertz CT molecular complexity index is 2060. The maximum absolute atomic E-state index is 2.53. The van der Waals surface area contributed by atoms with Gasteiger partial charge in [-0.2, -0.15) is 0 Å². The largest absolute Gasteiger partial charge is 0.311 e. The molecule has 0 bridgehead atoms. The van der Waals surface area contributed by atoms with Crippen LogP contribution in [0.3, 0.4) is 0 Å². The van der Waals surface area contributed by atoms with Gasteiger partial charge in [0.2, 0.25) is 0 Å². The molecule has 0 saturated carbocycles. The molecule has 0 aliphatic carbocycles. The van der Waals surface area contributed by atoms with E-state index >= 15 is 0 Å². The second-order valence-corrected chi connectivity index (χ2v) is 15.5. The van der Waals surface area contributed by atoms with Crippen molar-refractivity contribution in [2.24, 2.45) is 0 Å². The molecule has 9 rings (SSSR count). The topological polar surface area (TPSA) is 6.48 Å². The molecule has 0 radical (unpaired) electrons. The Kier molecular flexibility index (Phi) is 5.85. The second kappa shape index (κ2) is 9.75. The van der Waals surface area contributed by atoms with Crippen LogP contribution in [0.1, 0.15) is 52.7 Å². The van der Waals surface area contributed by atoms with Crippen LogP contribution in [0.4, 0.5) is 34.1 Å². The van der Waals surface area contributed by atoms with Crippen LogP contribution < -0.4 is 26.2 Å². The first-order valence-corrected chi connectivity index (χ1v) is 16.9. The summed E-state index contributed by atoms with van der Waals surface area (Å²) < 4.78 is 0. The normalized spacial score (nSPS) is 14.0. The summed E-state index contributed by atoms with van der Waals surface area (Å²) in [5, 5.41) is 0. The quantitative estimate of drug-likeness (QED) is 0.185. The highest BCUT2D eigenvalue weighted by Crippen LogP contribution is 2.49. The van der Waals surface area contributed by atoms with Gasteiger partial charge in [-0.1, -0.05) is 120 Å². The third-order valence-corrected chi connectivity index (χ3v) is 10.5. The number of anilines is 6. The van der Waals surface area contributed by atoms with E-state index in [9.17, 15) is 0 Å². The zero-order valence-electron chi connectivity index (χ0n) is 28.1. The molecule has 47 heavy (non-hydrogen) atoms. The number of hydrogen-bond donors (Lipinski definition) is 0. The Hall–Kier alpha value is -5.02. The monoisotopic (exact) mass is 606 g/mol. The van der Waals surface area contributed by atoms with Gasteiger partial charge < -0.3 is 9.80 Å². The van der Waals surface area contributed by atoms with Crippen LogP contribution in [-0.4, -0.2) is 6.71 Å². The molecule has 3 heterocycles. The fourth-order valence-corrected chi connectivity index (χ4v) is 8.13. The highest BCUT2D eigenvalue weighted by atomic mass is 15.2. The molecule has 0 spiro atoms. The lowest BCUT2D eigenvalue weighted by atomic mass is 9.35. The maximum Gasteiger partial charge on any atom is 0.253 e. The highest BCUT2D eigenvalue weighted by Gasteiger charge is 2.49. The number of hydrogen-bond acceptors (Lipinski definition) is 2. The summed E-state index contributed by atoms with van der Waals surface area (Å²) >= 11 is 0. The smallest absolute Gasteiger partial charge is 0.253 e. The van der Waals surface area contributed by atoms with Crippen molar-refractivity contribution in [1.82, 2.24) is 0 Å². The van der Waals surface area contributed by atoms with Crippen LogP contribution in [0.5, 0.6) is 0 Å². The summed E-state index contributed by atoms with van der Waals surface area (Å²) in [5.74, 6) is 0. The van der Waals surface area contributed by atoms with Crippen molar-refractivity contribution in [3.63, 3.8) is 0 Å². The molecule has 0 N–H and O–H groups in total. The molecule has 228 valence electrons. The molecule has 0 fully saturated rings. The molecular formula is C44H39BN2. The van der Waals surface area contributed by atoms with Crippen LogP contribution >= 0.6 is 0 Å². The second-order valence-electron chi connectivity index (χ2n) is 15.5. The lowest BCUT2D eigenvalue weighted by Crippen LogP contribution is -2.59. The Morgan fingerprint density at radius 2 is 0.851 bits per heavy atom. The summed E-state index contributed by atoms with van der Waals surface area (Å²) in [6.45, 7) is 13.9. The van der Waals surface area contributed by atoms with E-state index in [0.29, 0.717) is 0 Å². The van der Waals surface area contributed by atoms with Gasteiger partial charge in [0.25, 0.3) is 6.71 Å². The molecule has 3 aliphatic rings. The predicted molar refractivity (Wildman–Crippen MR) is 202 cm³/mol. The Morgan fingerprint density at radius 1 is 0.404 bits per heavy atom. The van der Waals surface area contributed by atoms with Crippen LogP contribution in [0.2, 0.25) is 0 Å². The molecule has 3 aliphatic heterocycles. The Labute approximate surface area is 279 Å². The standard InChI is InChI=1S/C44H39BN2/c1-43(2,3)30-18-22-32(23-19-30)46-36-16-10-14-34-35-15-11-17-37-41(35)45(40(34)36)42-38(46)26-29(28-12-8-7-9-13-28)27-39(42)47(37)33-24-20-31(21-25-33)44(4,5)6/h7-27H,1-6H3. The first-order chi connectivity index (χ1) is 22.6. The average Bonchev–Trinajstić information content (AvgIpc) is 3.41. The molecule has 2 nitrogen and oxygen atoms in total. The van der Waals surface area contributed by atoms with E-state index < -0.39 is 0 Å². The van der Waals surface area contributed by atoms with Gasteiger partial charge in [-0.15, -0.1) is 0 Å². The van der Waals surface area contributed by atoms with Gasteiger partial charge in [0, 0.05) is 34.1 Å². The van der Waals surface area contributed by atoms with Crippen LogP contribution in [0, 0.1) is 0 Å². The van der Waals surface area contributed by atoms with Crippen LogP contribution in [-0.2, 0) is 10.8 Å². The number of nitrogens with zero attached hydrogens (tertiary/aromatic N) is 2. The van der Waals surface area contributed by atoms with E-state index in [-0.39, 0.29) is 17.5 Å². The molecule has 0 unspecified atom stereocenters. The minimum atomic E-state index is 0.0903. The minimum Gasteiger partial charge on any atom is -0.311 e. The molecule has 0 atom stereocenters. The van der Waals surface area contributed by atoms with Gasteiger partial charge in [0.15, 0.2) is 0 Å².